The van der Waals surface area contributed by atoms with Crippen LogP contribution in [0.3, 0.4) is 0 Å². The van der Waals surface area contributed by atoms with E-state index in [9.17, 15) is 4.79 Å². The van der Waals surface area contributed by atoms with Crippen molar-refractivity contribution in [3.8, 4) is 0 Å². The Morgan fingerprint density at radius 2 is 1.95 bits per heavy atom. The fourth-order valence-electron chi connectivity index (χ4n) is 3.54. The molecule has 0 radical (unpaired) electrons. The maximum absolute atomic E-state index is 12.3. The maximum atomic E-state index is 12.3. The van der Waals surface area contributed by atoms with Crippen molar-refractivity contribution in [2.24, 2.45) is 11.8 Å². The van der Waals surface area contributed by atoms with E-state index < -0.39 is 0 Å². The van der Waals surface area contributed by atoms with Crippen molar-refractivity contribution >= 4 is 5.91 Å². The van der Waals surface area contributed by atoms with Gasteiger partial charge in [0, 0.05) is 31.6 Å². The van der Waals surface area contributed by atoms with Gasteiger partial charge in [-0.25, -0.2) is 0 Å². The van der Waals surface area contributed by atoms with Crippen LogP contribution in [-0.4, -0.2) is 62.3 Å². The van der Waals surface area contributed by atoms with Gasteiger partial charge in [-0.1, -0.05) is 6.92 Å². The summed E-state index contributed by atoms with van der Waals surface area (Å²) in [7, 11) is 0. The van der Waals surface area contributed by atoms with E-state index in [0.717, 1.165) is 39.4 Å². The molecule has 5 nitrogen and oxygen atoms in total. The molecule has 0 aliphatic carbocycles. The number of hydrogen-bond acceptors (Lipinski definition) is 4. The topological polar surface area (TPSA) is 53.6 Å². The first-order valence-electron chi connectivity index (χ1n) is 8.79. The van der Waals surface area contributed by atoms with E-state index in [4.69, 9.17) is 4.74 Å². The minimum absolute atomic E-state index is 0.00254. The standard InChI is InChI=1S/C17H33N3O2/c1-14(15-4-6-18-7-5-15)12-16(21)19-13-17(2,3)20-8-10-22-11-9-20/h14-15,18H,4-13H2,1-3H3,(H,19,21). The van der Waals surface area contributed by atoms with Gasteiger partial charge in [-0.05, 0) is 51.6 Å². The number of ether oxygens (including phenoxy) is 1. The molecule has 0 aromatic carbocycles. The van der Waals surface area contributed by atoms with Gasteiger partial charge in [0.2, 0.25) is 5.91 Å². The van der Waals surface area contributed by atoms with Crippen LogP contribution in [0.15, 0.2) is 0 Å². The lowest BCUT2D eigenvalue weighted by Gasteiger charge is -2.41. The average molecular weight is 311 g/mol. The number of morpholine rings is 1. The van der Waals surface area contributed by atoms with Crippen molar-refractivity contribution in [3.63, 3.8) is 0 Å². The second-order valence-electron chi connectivity index (χ2n) is 7.46. The van der Waals surface area contributed by atoms with Crippen LogP contribution in [0.4, 0.5) is 0 Å². The molecule has 2 N–H and O–H groups in total. The summed E-state index contributed by atoms with van der Waals surface area (Å²) in [5.41, 5.74) is -0.00254. The van der Waals surface area contributed by atoms with Gasteiger partial charge in [-0.3, -0.25) is 9.69 Å². The number of carbonyl (C=O) groups excluding carboxylic acids is 1. The molecule has 0 aromatic heterocycles. The summed E-state index contributed by atoms with van der Waals surface area (Å²) in [6.45, 7) is 13.0. The predicted octanol–water partition coefficient (Wildman–Crippen LogP) is 1.24. The van der Waals surface area contributed by atoms with Gasteiger partial charge in [-0.15, -0.1) is 0 Å². The van der Waals surface area contributed by atoms with Crippen molar-refractivity contribution in [2.45, 2.75) is 45.6 Å². The molecule has 2 aliphatic heterocycles. The minimum atomic E-state index is -0.00254. The van der Waals surface area contributed by atoms with E-state index in [1.54, 1.807) is 0 Å². The lowest BCUT2D eigenvalue weighted by atomic mass is 9.84. The van der Waals surface area contributed by atoms with E-state index in [1.807, 2.05) is 0 Å². The molecule has 2 heterocycles. The molecule has 0 aromatic rings. The second-order valence-corrected chi connectivity index (χ2v) is 7.46. The van der Waals surface area contributed by atoms with E-state index >= 15 is 0 Å². The van der Waals surface area contributed by atoms with Crippen molar-refractivity contribution in [2.75, 3.05) is 45.9 Å². The highest BCUT2D eigenvalue weighted by Crippen LogP contribution is 2.24. The number of amides is 1. The van der Waals surface area contributed by atoms with Gasteiger partial charge in [0.25, 0.3) is 0 Å². The van der Waals surface area contributed by atoms with Crippen LogP contribution in [-0.2, 0) is 9.53 Å². The van der Waals surface area contributed by atoms with Gasteiger partial charge >= 0.3 is 0 Å². The van der Waals surface area contributed by atoms with E-state index in [0.29, 0.717) is 24.8 Å². The molecule has 2 fully saturated rings. The summed E-state index contributed by atoms with van der Waals surface area (Å²) in [5.74, 6) is 1.38. The zero-order valence-corrected chi connectivity index (χ0v) is 14.5. The molecule has 0 bridgehead atoms. The highest BCUT2D eigenvalue weighted by Gasteiger charge is 2.29. The summed E-state index contributed by atoms with van der Waals surface area (Å²) in [5, 5.41) is 6.54. The molecule has 2 saturated heterocycles. The first kappa shape index (κ1) is 17.7. The van der Waals surface area contributed by atoms with Crippen LogP contribution in [0.2, 0.25) is 0 Å². The number of hydrogen-bond donors (Lipinski definition) is 2. The highest BCUT2D eigenvalue weighted by molar-refractivity contribution is 5.76. The van der Waals surface area contributed by atoms with Crippen LogP contribution < -0.4 is 10.6 Å². The largest absolute Gasteiger partial charge is 0.379 e. The molecule has 0 saturated carbocycles. The molecule has 2 rings (SSSR count). The van der Waals surface area contributed by atoms with Crippen LogP contribution in [0.1, 0.15) is 40.0 Å². The number of piperidine rings is 1. The Labute approximate surface area is 135 Å². The Morgan fingerprint density at radius 1 is 1.32 bits per heavy atom. The van der Waals surface area contributed by atoms with Gasteiger partial charge in [0.15, 0.2) is 0 Å². The molecule has 128 valence electrons. The van der Waals surface area contributed by atoms with Crippen LogP contribution in [0.25, 0.3) is 0 Å². The monoisotopic (exact) mass is 311 g/mol. The van der Waals surface area contributed by atoms with Crippen LogP contribution in [0.5, 0.6) is 0 Å². The predicted molar refractivity (Wildman–Crippen MR) is 88.9 cm³/mol. The Morgan fingerprint density at radius 3 is 2.59 bits per heavy atom. The third-order valence-electron chi connectivity index (χ3n) is 5.28. The third-order valence-corrected chi connectivity index (χ3v) is 5.28. The molecule has 1 amide bonds. The van der Waals surface area contributed by atoms with Crippen molar-refractivity contribution < 1.29 is 9.53 Å². The first-order chi connectivity index (χ1) is 10.5. The molecule has 5 heteroatoms. The molecule has 2 aliphatic rings. The molecular weight excluding hydrogens is 278 g/mol. The zero-order valence-electron chi connectivity index (χ0n) is 14.5. The lowest BCUT2D eigenvalue weighted by molar-refractivity contribution is -0.123. The average Bonchev–Trinajstić information content (AvgIpc) is 2.55. The van der Waals surface area contributed by atoms with Crippen LogP contribution in [0, 0.1) is 11.8 Å². The Hall–Kier alpha value is -0.650. The number of carbonyl (C=O) groups is 1. The Bertz CT molecular complexity index is 348. The molecule has 1 unspecified atom stereocenters. The Balaban J connectivity index is 1.71. The molecular formula is C17H33N3O2. The van der Waals surface area contributed by atoms with Crippen molar-refractivity contribution in [1.29, 1.82) is 0 Å². The third kappa shape index (κ3) is 5.21. The van der Waals surface area contributed by atoms with Gasteiger partial charge in [0.1, 0.15) is 0 Å². The van der Waals surface area contributed by atoms with Gasteiger partial charge < -0.3 is 15.4 Å². The zero-order chi connectivity index (χ0) is 16.0. The number of nitrogens with zero attached hydrogens (tertiary/aromatic N) is 1. The summed E-state index contributed by atoms with van der Waals surface area (Å²) >= 11 is 0. The molecule has 22 heavy (non-hydrogen) atoms. The van der Waals surface area contributed by atoms with E-state index in [-0.39, 0.29) is 11.4 Å². The summed E-state index contributed by atoms with van der Waals surface area (Å²) in [6, 6.07) is 0. The van der Waals surface area contributed by atoms with Crippen molar-refractivity contribution in [1.82, 2.24) is 15.5 Å². The lowest BCUT2D eigenvalue weighted by Crippen LogP contribution is -2.55. The fourth-order valence-corrected chi connectivity index (χ4v) is 3.54. The normalized spacial score (nSPS) is 23.2. The second kappa shape index (κ2) is 8.27. The first-order valence-corrected chi connectivity index (χ1v) is 8.79. The SMILES string of the molecule is CC(CC(=O)NCC(C)(C)N1CCOCC1)C1CCNCC1. The van der Waals surface area contributed by atoms with Gasteiger partial charge in [0.05, 0.1) is 13.2 Å². The maximum Gasteiger partial charge on any atom is 0.220 e. The smallest absolute Gasteiger partial charge is 0.220 e. The number of rotatable bonds is 6. The Kier molecular flexibility index (Phi) is 6.66. The molecule has 0 spiro atoms. The summed E-state index contributed by atoms with van der Waals surface area (Å²) in [6.07, 6.45) is 3.06. The van der Waals surface area contributed by atoms with E-state index in [1.165, 1.54) is 12.8 Å². The van der Waals surface area contributed by atoms with Gasteiger partial charge in [-0.2, -0.15) is 0 Å². The van der Waals surface area contributed by atoms with Crippen molar-refractivity contribution in [3.05, 3.63) is 0 Å². The highest BCUT2D eigenvalue weighted by atomic mass is 16.5. The van der Waals surface area contributed by atoms with E-state index in [2.05, 4.69) is 36.3 Å². The summed E-state index contributed by atoms with van der Waals surface area (Å²) in [4.78, 5) is 14.7. The number of nitrogens with one attached hydrogen (secondary N) is 2. The summed E-state index contributed by atoms with van der Waals surface area (Å²) < 4.78 is 5.41. The minimum Gasteiger partial charge on any atom is -0.379 e. The quantitative estimate of drug-likeness (QED) is 0.775. The fraction of sp³-hybridized carbons (Fsp3) is 0.941. The van der Waals surface area contributed by atoms with Crippen LogP contribution >= 0.6 is 0 Å². The molecule has 1 atom stereocenters.